The zero-order valence-electron chi connectivity index (χ0n) is 13.7. The minimum atomic E-state index is -0.0421. The molecule has 0 aliphatic carbocycles. The normalized spacial score (nSPS) is 10.6. The first kappa shape index (κ1) is 16.3. The van der Waals surface area contributed by atoms with E-state index in [9.17, 15) is 4.79 Å². The van der Waals surface area contributed by atoms with Gasteiger partial charge in [0.1, 0.15) is 5.75 Å². The fraction of sp³-hybridized carbons (Fsp3) is 0.222. The summed E-state index contributed by atoms with van der Waals surface area (Å²) in [7, 11) is 3.51. The molecule has 0 atom stereocenters. The van der Waals surface area contributed by atoms with E-state index in [0.29, 0.717) is 6.54 Å². The second kappa shape index (κ2) is 7.31. The molecule has 1 heterocycles. The third-order valence-corrected chi connectivity index (χ3v) is 4.76. The van der Waals surface area contributed by atoms with E-state index >= 15 is 0 Å². The Morgan fingerprint density at radius 1 is 1.25 bits per heavy atom. The molecular formula is C18H19N3O2S. The number of anilines is 1. The third kappa shape index (κ3) is 3.83. The number of likely N-dealkylation sites (N-methyl/N-ethyl adjacent to an activating group) is 1. The number of hydrogen-bond donors (Lipinski definition) is 1. The van der Waals surface area contributed by atoms with Crippen LogP contribution < -0.4 is 15.0 Å². The van der Waals surface area contributed by atoms with Gasteiger partial charge in [0.25, 0.3) is 0 Å². The van der Waals surface area contributed by atoms with Gasteiger partial charge < -0.3 is 15.0 Å². The molecule has 1 amide bonds. The highest BCUT2D eigenvalue weighted by Crippen LogP contribution is 2.27. The van der Waals surface area contributed by atoms with E-state index in [4.69, 9.17) is 4.74 Å². The number of para-hydroxylation sites is 1. The zero-order chi connectivity index (χ0) is 16.9. The summed E-state index contributed by atoms with van der Waals surface area (Å²) in [5, 5.41) is 3.77. The van der Waals surface area contributed by atoms with E-state index in [1.165, 1.54) is 0 Å². The maximum Gasteiger partial charge on any atom is 0.239 e. The van der Waals surface area contributed by atoms with Crippen molar-refractivity contribution in [3.63, 3.8) is 0 Å². The number of carbonyl (C=O) groups is 1. The fourth-order valence-electron chi connectivity index (χ4n) is 2.35. The number of amides is 1. The van der Waals surface area contributed by atoms with E-state index in [1.807, 2.05) is 60.5 Å². The number of benzene rings is 2. The molecule has 5 nitrogen and oxygen atoms in total. The lowest BCUT2D eigenvalue weighted by atomic mass is 10.2. The Labute approximate surface area is 144 Å². The predicted octanol–water partition coefficient (Wildman–Crippen LogP) is 3.06. The first-order valence-corrected chi connectivity index (χ1v) is 8.43. The van der Waals surface area contributed by atoms with Crippen LogP contribution in [0.4, 0.5) is 5.13 Å². The van der Waals surface area contributed by atoms with Crippen molar-refractivity contribution in [1.29, 1.82) is 0 Å². The number of nitrogens with one attached hydrogen (secondary N) is 1. The quantitative estimate of drug-likeness (QED) is 0.749. The van der Waals surface area contributed by atoms with E-state index < -0.39 is 0 Å². The molecule has 1 aromatic heterocycles. The smallest absolute Gasteiger partial charge is 0.239 e. The van der Waals surface area contributed by atoms with E-state index in [1.54, 1.807) is 18.4 Å². The molecule has 0 spiro atoms. The lowest BCUT2D eigenvalue weighted by Crippen LogP contribution is -2.34. The standard InChI is InChI=1S/C18H19N3O2S/c1-21(18-20-15-8-3-4-9-16(15)24-18)12-17(22)19-11-13-6-5-7-14(10-13)23-2/h3-10H,11-12H2,1-2H3,(H,19,22). The number of nitrogens with zero attached hydrogens (tertiary/aromatic N) is 2. The molecule has 0 saturated heterocycles. The van der Waals surface area contributed by atoms with Gasteiger partial charge in [0.15, 0.2) is 5.13 Å². The molecule has 0 fully saturated rings. The predicted molar refractivity (Wildman–Crippen MR) is 97.7 cm³/mol. The van der Waals surface area contributed by atoms with Gasteiger partial charge in [0.2, 0.25) is 5.91 Å². The van der Waals surface area contributed by atoms with Crippen LogP contribution in [-0.4, -0.2) is 31.6 Å². The van der Waals surface area contributed by atoms with E-state index in [-0.39, 0.29) is 12.5 Å². The first-order chi connectivity index (χ1) is 11.7. The first-order valence-electron chi connectivity index (χ1n) is 7.62. The molecule has 0 aliphatic rings. The number of rotatable bonds is 6. The highest BCUT2D eigenvalue weighted by atomic mass is 32.1. The molecular weight excluding hydrogens is 322 g/mol. The number of fused-ring (bicyclic) bond motifs is 1. The van der Waals surface area contributed by atoms with Crippen molar-refractivity contribution in [1.82, 2.24) is 10.3 Å². The minimum Gasteiger partial charge on any atom is -0.497 e. The Kier molecular flexibility index (Phi) is 4.96. The number of methoxy groups -OCH3 is 1. The second-order valence-electron chi connectivity index (χ2n) is 5.45. The van der Waals surface area contributed by atoms with Gasteiger partial charge in [0, 0.05) is 13.6 Å². The van der Waals surface area contributed by atoms with Crippen molar-refractivity contribution in [2.75, 3.05) is 25.6 Å². The van der Waals surface area contributed by atoms with Crippen LogP contribution >= 0.6 is 11.3 Å². The van der Waals surface area contributed by atoms with Crippen molar-refractivity contribution in [2.45, 2.75) is 6.54 Å². The van der Waals surface area contributed by atoms with Crippen molar-refractivity contribution in [3.8, 4) is 5.75 Å². The number of thiazole rings is 1. The molecule has 124 valence electrons. The molecule has 0 aliphatic heterocycles. The zero-order valence-corrected chi connectivity index (χ0v) is 14.5. The summed E-state index contributed by atoms with van der Waals surface area (Å²) in [4.78, 5) is 18.6. The average molecular weight is 341 g/mol. The lowest BCUT2D eigenvalue weighted by molar-refractivity contribution is -0.119. The molecule has 0 bridgehead atoms. The summed E-state index contributed by atoms with van der Waals surface area (Å²) >= 11 is 1.59. The number of hydrogen-bond acceptors (Lipinski definition) is 5. The summed E-state index contributed by atoms with van der Waals surface area (Å²) < 4.78 is 6.31. The van der Waals surface area contributed by atoms with Crippen LogP contribution in [0.15, 0.2) is 48.5 Å². The molecule has 3 rings (SSSR count). The van der Waals surface area contributed by atoms with Crippen molar-refractivity contribution < 1.29 is 9.53 Å². The number of carbonyl (C=O) groups excluding carboxylic acids is 1. The fourth-order valence-corrected chi connectivity index (χ4v) is 3.27. The van der Waals surface area contributed by atoms with E-state index in [0.717, 1.165) is 26.7 Å². The summed E-state index contributed by atoms with van der Waals surface area (Å²) in [6.07, 6.45) is 0. The van der Waals surface area contributed by atoms with Gasteiger partial charge in [0.05, 0.1) is 23.9 Å². The van der Waals surface area contributed by atoms with Gasteiger partial charge in [-0.1, -0.05) is 35.6 Å². The van der Waals surface area contributed by atoms with Gasteiger partial charge in [-0.15, -0.1) is 0 Å². The minimum absolute atomic E-state index is 0.0421. The van der Waals surface area contributed by atoms with Crippen LogP contribution in [0.5, 0.6) is 5.75 Å². The van der Waals surface area contributed by atoms with Gasteiger partial charge >= 0.3 is 0 Å². The van der Waals surface area contributed by atoms with Crippen molar-refractivity contribution in [2.24, 2.45) is 0 Å². The Morgan fingerprint density at radius 3 is 2.88 bits per heavy atom. The summed E-state index contributed by atoms with van der Waals surface area (Å²) in [6.45, 7) is 0.744. The van der Waals surface area contributed by atoms with Crippen LogP contribution in [0.1, 0.15) is 5.56 Å². The Bertz CT molecular complexity index is 814. The number of ether oxygens (including phenoxy) is 1. The molecule has 24 heavy (non-hydrogen) atoms. The summed E-state index contributed by atoms with van der Waals surface area (Å²) in [5.74, 6) is 0.743. The monoisotopic (exact) mass is 341 g/mol. The lowest BCUT2D eigenvalue weighted by Gasteiger charge is -2.15. The van der Waals surface area contributed by atoms with Gasteiger partial charge in [-0.2, -0.15) is 0 Å². The van der Waals surface area contributed by atoms with Crippen LogP contribution in [0.3, 0.4) is 0 Å². The largest absolute Gasteiger partial charge is 0.497 e. The molecule has 1 N–H and O–H groups in total. The molecule has 6 heteroatoms. The third-order valence-electron chi connectivity index (χ3n) is 3.61. The summed E-state index contributed by atoms with van der Waals surface area (Å²) in [6, 6.07) is 15.6. The topological polar surface area (TPSA) is 54.5 Å². The molecule has 0 saturated carbocycles. The van der Waals surface area contributed by atoms with Gasteiger partial charge in [-0.3, -0.25) is 4.79 Å². The van der Waals surface area contributed by atoms with Crippen LogP contribution in [0.25, 0.3) is 10.2 Å². The Hall–Kier alpha value is -2.60. The molecule has 2 aromatic carbocycles. The maximum absolute atomic E-state index is 12.2. The summed E-state index contributed by atoms with van der Waals surface area (Å²) in [5.41, 5.74) is 1.96. The molecule has 0 radical (unpaired) electrons. The van der Waals surface area contributed by atoms with Crippen LogP contribution in [-0.2, 0) is 11.3 Å². The SMILES string of the molecule is COc1cccc(CNC(=O)CN(C)c2nc3ccccc3s2)c1. The Balaban J connectivity index is 1.57. The highest BCUT2D eigenvalue weighted by molar-refractivity contribution is 7.22. The van der Waals surface area contributed by atoms with Crippen LogP contribution in [0, 0.1) is 0 Å². The highest BCUT2D eigenvalue weighted by Gasteiger charge is 2.11. The average Bonchev–Trinajstić information content (AvgIpc) is 3.04. The maximum atomic E-state index is 12.2. The Morgan fingerprint density at radius 2 is 2.08 bits per heavy atom. The molecule has 0 unspecified atom stereocenters. The van der Waals surface area contributed by atoms with Crippen molar-refractivity contribution in [3.05, 3.63) is 54.1 Å². The van der Waals surface area contributed by atoms with E-state index in [2.05, 4.69) is 10.3 Å². The number of aromatic nitrogens is 1. The second-order valence-corrected chi connectivity index (χ2v) is 6.46. The van der Waals surface area contributed by atoms with Gasteiger partial charge in [-0.25, -0.2) is 4.98 Å². The van der Waals surface area contributed by atoms with Crippen LogP contribution in [0.2, 0.25) is 0 Å². The molecule has 3 aromatic rings. The van der Waals surface area contributed by atoms with Crippen molar-refractivity contribution >= 4 is 32.6 Å². The van der Waals surface area contributed by atoms with Gasteiger partial charge in [-0.05, 0) is 29.8 Å².